The average molecular weight is 475 g/mol. The summed E-state index contributed by atoms with van der Waals surface area (Å²) in [5.74, 6) is -0.0657. The Morgan fingerprint density at radius 1 is 1.09 bits per heavy atom. The van der Waals surface area contributed by atoms with Crippen LogP contribution in [0.1, 0.15) is 71.6 Å². The second kappa shape index (κ2) is 8.32. The third-order valence-electron chi connectivity index (χ3n) is 5.77. The molecule has 0 spiro atoms. The lowest BCUT2D eigenvalue weighted by Crippen LogP contribution is -2.23. The number of hydrogen-bond donors (Lipinski definition) is 2. The summed E-state index contributed by atoms with van der Waals surface area (Å²) < 4.78 is 1.91. The second-order valence-electron chi connectivity index (χ2n) is 9.56. The van der Waals surface area contributed by atoms with Gasteiger partial charge in [0.15, 0.2) is 10.8 Å². The molecule has 34 heavy (non-hydrogen) atoms. The Bertz CT molecular complexity index is 1380. The van der Waals surface area contributed by atoms with Crippen molar-refractivity contribution in [2.24, 2.45) is 0 Å². The molecule has 1 aliphatic carbocycles. The summed E-state index contributed by atoms with van der Waals surface area (Å²) in [6, 6.07) is 8.71. The van der Waals surface area contributed by atoms with Crippen LogP contribution < -0.4 is 10.6 Å². The zero-order valence-corrected chi connectivity index (χ0v) is 20.4. The number of carbonyl (C=O) groups excluding carboxylic acids is 2. The summed E-state index contributed by atoms with van der Waals surface area (Å²) in [7, 11) is 0. The van der Waals surface area contributed by atoms with Crippen LogP contribution in [-0.4, -0.2) is 31.6 Å². The summed E-state index contributed by atoms with van der Waals surface area (Å²) in [6.07, 6.45) is 3.82. The Morgan fingerprint density at radius 3 is 2.44 bits per heavy atom. The van der Waals surface area contributed by atoms with E-state index in [1.165, 1.54) is 11.3 Å². The molecule has 1 aliphatic rings. The Hall–Kier alpha value is -3.59. The van der Waals surface area contributed by atoms with E-state index in [1.54, 1.807) is 35.8 Å². The standard InChI is InChI=1S/C25H26N6O2S/c1-14-20-18(13-19(15-5-6-15)28-21(20)31(30-14)25(2,3)4)23(33)27-17-9-7-16(8-10-17)22(32)29-24-26-11-12-34-24/h7-13,15H,5-6H2,1-4H3,(H,27,33)(H,26,29,32). The molecule has 0 saturated heterocycles. The molecule has 1 saturated carbocycles. The van der Waals surface area contributed by atoms with Crippen molar-refractivity contribution in [3.8, 4) is 0 Å². The van der Waals surface area contributed by atoms with Crippen molar-refractivity contribution in [1.29, 1.82) is 0 Å². The highest BCUT2D eigenvalue weighted by molar-refractivity contribution is 7.13. The first kappa shape index (κ1) is 22.2. The molecule has 0 aliphatic heterocycles. The summed E-state index contributed by atoms with van der Waals surface area (Å²) in [5.41, 5.74) is 3.87. The van der Waals surface area contributed by atoms with Gasteiger partial charge in [-0.3, -0.25) is 14.9 Å². The third-order valence-corrected chi connectivity index (χ3v) is 6.45. The minimum atomic E-state index is -0.259. The number of nitrogens with one attached hydrogen (secondary N) is 2. The van der Waals surface area contributed by atoms with Gasteiger partial charge in [0.25, 0.3) is 11.8 Å². The van der Waals surface area contributed by atoms with Crippen LogP contribution >= 0.6 is 11.3 Å². The molecule has 1 fully saturated rings. The number of aryl methyl sites for hydroxylation is 1. The van der Waals surface area contributed by atoms with Gasteiger partial charge in [-0.25, -0.2) is 14.6 Å². The smallest absolute Gasteiger partial charge is 0.257 e. The van der Waals surface area contributed by atoms with Crippen LogP contribution in [0.25, 0.3) is 11.0 Å². The highest BCUT2D eigenvalue weighted by atomic mass is 32.1. The molecule has 9 heteroatoms. The fourth-order valence-corrected chi connectivity index (χ4v) is 4.43. The van der Waals surface area contributed by atoms with Crippen molar-refractivity contribution < 1.29 is 9.59 Å². The number of nitrogens with zero attached hydrogens (tertiary/aromatic N) is 4. The maximum Gasteiger partial charge on any atom is 0.257 e. The van der Waals surface area contributed by atoms with Crippen LogP contribution in [0, 0.1) is 6.92 Å². The van der Waals surface area contributed by atoms with Crippen LogP contribution in [0.3, 0.4) is 0 Å². The number of pyridine rings is 1. The molecule has 3 heterocycles. The number of amides is 2. The van der Waals surface area contributed by atoms with E-state index >= 15 is 0 Å². The van der Waals surface area contributed by atoms with E-state index < -0.39 is 0 Å². The quantitative estimate of drug-likeness (QED) is 0.407. The van der Waals surface area contributed by atoms with Crippen LogP contribution in [0.5, 0.6) is 0 Å². The average Bonchev–Trinajstić information content (AvgIpc) is 3.42. The van der Waals surface area contributed by atoms with Crippen molar-refractivity contribution in [2.75, 3.05) is 10.6 Å². The van der Waals surface area contributed by atoms with Gasteiger partial charge >= 0.3 is 0 Å². The SMILES string of the molecule is Cc1nn(C(C)(C)C)c2nc(C3CC3)cc(C(=O)Nc3ccc(C(=O)Nc4nccs4)cc3)c12. The fourth-order valence-electron chi connectivity index (χ4n) is 3.90. The lowest BCUT2D eigenvalue weighted by molar-refractivity contribution is 0.102. The molecule has 2 amide bonds. The molecule has 4 aromatic rings. The van der Waals surface area contributed by atoms with Crippen LogP contribution in [0.15, 0.2) is 41.9 Å². The molecular formula is C25H26N6O2S. The number of fused-ring (bicyclic) bond motifs is 1. The number of anilines is 2. The van der Waals surface area contributed by atoms with E-state index in [2.05, 4.69) is 36.4 Å². The van der Waals surface area contributed by atoms with E-state index in [1.807, 2.05) is 17.7 Å². The summed E-state index contributed by atoms with van der Waals surface area (Å²) >= 11 is 1.36. The molecule has 0 atom stereocenters. The highest BCUT2D eigenvalue weighted by Crippen LogP contribution is 2.41. The molecule has 2 N–H and O–H groups in total. The van der Waals surface area contributed by atoms with Crippen LogP contribution in [0.2, 0.25) is 0 Å². The van der Waals surface area contributed by atoms with Gasteiger partial charge in [-0.1, -0.05) is 0 Å². The molecule has 5 rings (SSSR count). The maximum atomic E-state index is 13.4. The van der Waals surface area contributed by atoms with Crippen molar-refractivity contribution in [3.05, 3.63) is 64.4 Å². The lowest BCUT2D eigenvalue weighted by atomic mass is 10.1. The highest BCUT2D eigenvalue weighted by Gasteiger charge is 2.30. The normalized spacial score (nSPS) is 13.8. The van der Waals surface area contributed by atoms with Gasteiger partial charge in [-0.2, -0.15) is 5.10 Å². The van der Waals surface area contributed by atoms with Crippen molar-refractivity contribution in [2.45, 2.75) is 52.0 Å². The zero-order valence-electron chi connectivity index (χ0n) is 19.5. The third kappa shape index (κ3) is 4.31. The van der Waals surface area contributed by atoms with Gasteiger partial charge in [-0.15, -0.1) is 11.3 Å². The Morgan fingerprint density at radius 2 is 1.82 bits per heavy atom. The summed E-state index contributed by atoms with van der Waals surface area (Å²) in [4.78, 5) is 34.8. The monoisotopic (exact) mass is 474 g/mol. The van der Waals surface area contributed by atoms with E-state index in [0.29, 0.717) is 27.9 Å². The lowest BCUT2D eigenvalue weighted by Gasteiger charge is -2.20. The first-order chi connectivity index (χ1) is 16.2. The molecule has 3 aromatic heterocycles. The minimum Gasteiger partial charge on any atom is -0.322 e. The first-order valence-corrected chi connectivity index (χ1v) is 12.1. The molecule has 1 aromatic carbocycles. The number of benzene rings is 1. The van der Waals surface area contributed by atoms with Crippen molar-refractivity contribution in [1.82, 2.24) is 19.7 Å². The summed E-state index contributed by atoms with van der Waals surface area (Å²) in [5, 5.41) is 13.6. The van der Waals surface area contributed by atoms with Gasteiger partial charge < -0.3 is 5.32 Å². The Kier molecular flexibility index (Phi) is 5.44. The van der Waals surface area contributed by atoms with Crippen LogP contribution in [0.4, 0.5) is 10.8 Å². The second-order valence-corrected chi connectivity index (χ2v) is 10.5. The van der Waals surface area contributed by atoms with Gasteiger partial charge in [0.05, 0.1) is 22.2 Å². The topological polar surface area (TPSA) is 102 Å². The minimum absolute atomic E-state index is 0.217. The van der Waals surface area contributed by atoms with E-state index in [0.717, 1.165) is 35.3 Å². The maximum absolute atomic E-state index is 13.4. The largest absolute Gasteiger partial charge is 0.322 e. The molecule has 174 valence electrons. The zero-order chi connectivity index (χ0) is 24.0. The Labute approximate surface area is 201 Å². The number of thiazole rings is 1. The number of rotatable bonds is 5. The molecule has 8 nitrogen and oxygen atoms in total. The predicted molar refractivity (Wildman–Crippen MR) is 134 cm³/mol. The molecule has 0 bridgehead atoms. The molecule has 0 unspecified atom stereocenters. The number of aromatic nitrogens is 4. The van der Waals surface area contributed by atoms with E-state index in [9.17, 15) is 9.59 Å². The van der Waals surface area contributed by atoms with E-state index in [4.69, 9.17) is 10.1 Å². The van der Waals surface area contributed by atoms with Crippen LogP contribution in [-0.2, 0) is 5.54 Å². The Balaban J connectivity index is 1.43. The number of carbonyl (C=O) groups is 2. The predicted octanol–water partition coefficient (Wildman–Crippen LogP) is 5.33. The first-order valence-electron chi connectivity index (χ1n) is 11.2. The van der Waals surface area contributed by atoms with Gasteiger partial charge in [0.1, 0.15) is 0 Å². The van der Waals surface area contributed by atoms with Gasteiger partial charge in [0.2, 0.25) is 0 Å². The van der Waals surface area contributed by atoms with Crippen molar-refractivity contribution in [3.63, 3.8) is 0 Å². The summed E-state index contributed by atoms with van der Waals surface area (Å²) in [6.45, 7) is 8.15. The van der Waals surface area contributed by atoms with Gasteiger partial charge in [0, 0.05) is 34.4 Å². The molecule has 0 radical (unpaired) electrons. The van der Waals surface area contributed by atoms with Crippen molar-refractivity contribution >= 4 is 45.0 Å². The molecular weight excluding hydrogens is 448 g/mol. The number of hydrogen-bond acceptors (Lipinski definition) is 6. The fraction of sp³-hybridized carbons (Fsp3) is 0.320. The van der Waals surface area contributed by atoms with Gasteiger partial charge in [-0.05, 0) is 70.9 Å². The van der Waals surface area contributed by atoms with E-state index in [-0.39, 0.29) is 17.4 Å².